The van der Waals surface area contributed by atoms with Crippen molar-refractivity contribution in [3.63, 3.8) is 0 Å². The van der Waals surface area contributed by atoms with Gasteiger partial charge in [-0.1, -0.05) is 48.2 Å². The van der Waals surface area contributed by atoms with Crippen molar-refractivity contribution in [3.05, 3.63) is 70.8 Å². The SMILES string of the molecule is C#Cc1ccccc1C1C2CC3CC(C2)CC1(c1ccccc1C#C)C3. The van der Waals surface area contributed by atoms with Crippen molar-refractivity contribution < 1.29 is 0 Å². The van der Waals surface area contributed by atoms with E-state index in [1.54, 1.807) is 0 Å². The predicted octanol–water partition coefficient (Wildman–Crippen LogP) is 5.51. The fourth-order valence-electron chi connectivity index (χ4n) is 6.92. The van der Waals surface area contributed by atoms with Gasteiger partial charge in [0.15, 0.2) is 0 Å². The Hall–Kier alpha value is -2.44. The van der Waals surface area contributed by atoms with Gasteiger partial charge in [0.2, 0.25) is 0 Å². The van der Waals surface area contributed by atoms with Gasteiger partial charge in [0.25, 0.3) is 0 Å². The summed E-state index contributed by atoms with van der Waals surface area (Å²) in [5.74, 6) is 8.89. The van der Waals surface area contributed by atoms with Gasteiger partial charge in [-0.3, -0.25) is 0 Å². The van der Waals surface area contributed by atoms with Gasteiger partial charge in [0.05, 0.1) is 0 Å². The van der Waals surface area contributed by atoms with Gasteiger partial charge in [0, 0.05) is 16.5 Å². The van der Waals surface area contributed by atoms with Gasteiger partial charge in [-0.25, -0.2) is 0 Å². The maximum atomic E-state index is 5.93. The van der Waals surface area contributed by atoms with Crippen LogP contribution in [0.1, 0.15) is 60.3 Å². The molecular formula is C26H24. The summed E-state index contributed by atoms with van der Waals surface area (Å²) < 4.78 is 0. The lowest BCUT2D eigenvalue weighted by atomic mass is 9.42. The smallest absolute Gasteiger partial charge is 0.0280 e. The van der Waals surface area contributed by atoms with Gasteiger partial charge in [0.1, 0.15) is 0 Å². The second kappa shape index (κ2) is 5.79. The first-order valence-electron chi connectivity index (χ1n) is 9.87. The van der Waals surface area contributed by atoms with E-state index in [1.807, 2.05) is 0 Å². The fourth-order valence-corrected chi connectivity index (χ4v) is 6.92. The molecular weight excluding hydrogens is 312 g/mol. The summed E-state index contributed by atoms with van der Waals surface area (Å²) in [4.78, 5) is 0. The number of hydrogen-bond donors (Lipinski definition) is 0. The predicted molar refractivity (Wildman–Crippen MR) is 107 cm³/mol. The van der Waals surface area contributed by atoms with E-state index in [4.69, 9.17) is 12.8 Å². The van der Waals surface area contributed by atoms with Crippen LogP contribution in [-0.2, 0) is 5.41 Å². The first-order chi connectivity index (χ1) is 12.7. The Kier molecular flexibility index (Phi) is 3.52. The van der Waals surface area contributed by atoms with Crippen molar-refractivity contribution in [2.45, 2.75) is 43.4 Å². The topological polar surface area (TPSA) is 0 Å². The molecule has 3 unspecified atom stereocenters. The third-order valence-corrected chi connectivity index (χ3v) is 7.38. The molecule has 0 aromatic heterocycles. The van der Waals surface area contributed by atoms with Crippen molar-refractivity contribution in [2.75, 3.05) is 0 Å². The Morgan fingerprint density at radius 3 is 2.08 bits per heavy atom. The van der Waals surface area contributed by atoms with E-state index in [1.165, 1.54) is 43.2 Å². The number of terminal acetylenes is 2. The molecule has 6 rings (SSSR count). The molecule has 0 saturated heterocycles. The average Bonchev–Trinajstić information content (AvgIpc) is 2.67. The van der Waals surface area contributed by atoms with Crippen LogP contribution in [0, 0.1) is 42.4 Å². The Bertz CT molecular complexity index is 921. The van der Waals surface area contributed by atoms with E-state index in [0.29, 0.717) is 5.92 Å². The summed E-state index contributed by atoms with van der Waals surface area (Å²) in [6.07, 6.45) is 18.5. The monoisotopic (exact) mass is 336 g/mol. The maximum absolute atomic E-state index is 5.93. The van der Waals surface area contributed by atoms with E-state index >= 15 is 0 Å². The number of hydrogen-bond acceptors (Lipinski definition) is 0. The zero-order valence-corrected chi connectivity index (χ0v) is 15.1. The van der Waals surface area contributed by atoms with Crippen molar-refractivity contribution in [2.24, 2.45) is 17.8 Å². The minimum absolute atomic E-state index is 0.157. The molecule has 0 N–H and O–H groups in total. The lowest BCUT2D eigenvalue weighted by molar-refractivity contribution is -0.0282. The molecule has 0 heterocycles. The zero-order valence-electron chi connectivity index (χ0n) is 15.1. The molecule has 4 aliphatic carbocycles. The molecule has 4 fully saturated rings. The van der Waals surface area contributed by atoms with Gasteiger partial charge in [-0.2, -0.15) is 0 Å². The van der Waals surface area contributed by atoms with Crippen molar-refractivity contribution in [3.8, 4) is 24.7 Å². The lowest BCUT2D eigenvalue weighted by Crippen LogP contribution is -2.54. The van der Waals surface area contributed by atoms with Crippen LogP contribution in [-0.4, -0.2) is 0 Å². The highest BCUT2D eigenvalue weighted by Gasteiger charge is 2.58. The first-order valence-corrected chi connectivity index (χ1v) is 9.87. The minimum Gasteiger partial charge on any atom is -0.115 e. The van der Waals surface area contributed by atoms with Gasteiger partial charge < -0.3 is 0 Å². The molecule has 2 aromatic carbocycles. The van der Waals surface area contributed by atoms with Crippen LogP contribution in [0.15, 0.2) is 48.5 Å². The quantitative estimate of drug-likeness (QED) is 0.634. The molecule has 0 heteroatoms. The highest BCUT2D eigenvalue weighted by Crippen LogP contribution is 2.67. The molecule has 0 aliphatic heterocycles. The second-order valence-electron chi connectivity index (χ2n) is 8.66. The molecule has 4 aliphatic rings. The van der Waals surface area contributed by atoms with Crippen LogP contribution in [0.25, 0.3) is 0 Å². The van der Waals surface area contributed by atoms with E-state index in [9.17, 15) is 0 Å². The summed E-state index contributed by atoms with van der Waals surface area (Å²) in [7, 11) is 0. The highest BCUT2D eigenvalue weighted by molar-refractivity contribution is 5.51. The number of rotatable bonds is 2. The van der Waals surface area contributed by atoms with Gasteiger partial charge in [-0.05, 0) is 79.0 Å². The highest BCUT2D eigenvalue weighted by atomic mass is 14.6. The van der Waals surface area contributed by atoms with E-state index in [2.05, 4.69) is 60.4 Å². The molecule has 0 radical (unpaired) electrons. The van der Waals surface area contributed by atoms with Gasteiger partial charge >= 0.3 is 0 Å². The largest absolute Gasteiger partial charge is 0.115 e. The van der Waals surface area contributed by atoms with E-state index in [-0.39, 0.29) is 5.41 Å². The molecule has 0 amide bonds. The third kappa shape index (κ3) is 2.12. The summed E-state index contributed by atoms with van der Waals surface area (Å²) in [5, 5.41) is 0. The van der Waals surface area contributed by atoms with Crippen LogP contribution < -0.4 is 0 Å². The average molecular weight is 336 g/mol. The lowest BCUT2D eigenvalue weighted by Gasteiger charge is -2.62. The summed E-state index contributed by atoms with van der Waals surface area (Å²) in [6.45, 7) is 0. The van der Waals surface area contributed by atoms with Gasteiger partial charge in [-0.15, -0.1) is 12.8 Å². The fraction of sp³-hybridized carbons (Fsp3) is 0.385. The molecule has 0 nitrogen and oxygen atoms in total. The minimum atomic E-state index is 0.157. The molecule has 4 saturated carbocycles. The molecule has 3 atom stereocenters. The molecule has 4 bridgehead atoms. The van der Waals surface area contributed by atoms with Crippen LogP contribution in [0.2, 0.25) is 0 Å². The molecule has 2 aromatic rings. The van der Waals surface area contributed by atoms with E-state index in [0.717, 1.165) is 28.9 Å². The Morgan fingerprint density at radius 1 is 0.769 bits per heavy atom. The Balaban J connectivity index is 1.75. The van der Waals surface area contributed by atoms with Crippen LogP contribution >= 0.6 is 0 Å². The second-order valence-corrected chi connectivity index (χ2v) is 8.66. The Morgan fingerprint density at radius 2 is 1.38 bits per heavy atom. The summed E-state index contributed by atoms with van der Waals surface area (Å²) in [6, 6.07) is 17.3. The van der Waals surface area contributed by atoms with Crippen LogP contribution in [0.4, 0.5) is 0 Å². The standard InChI is InChI=1S/C26H24/c1-3-20-9-5-7-11-23(20)25-22-14-18-13-19(15-22)17-26(25,16-18)24-12-8-6-10-21(24)4-2/h1-2,5-12,18-19,22,25H,13-17H2. The van der Waals surface area contributed by atoms with Crippen LogP contribution in [0.3, 0.4) is 0 Å². The Labute approximate surface area is 157 Å². The normalized spacial score (nSPS) is 34.2. The summed E-state index contributed by atoms with van der Waals surface area (Å²) >= 11 is 0. The maximum Gasteiger partial charge on any atom is 0.0280 e. The van der Waals surface area contributed by atoms with E-state index < -0.39 is 0 Å². The zero-order chi connectivity index (χ0) is 17.7. The van der Waals surface area contributed by atoms with Crippen molar-refractivity contribution in [1.82, 2.24) is 0 Å². The molecule has 128 valence electrons. The summed E-state index contributed by atoms with van der Waals surface area (Å²) in [5.41, 5.74) is 5.09. The van der Waals surface area contributed by atoms with Crippen molar-refractivity contribution >= 4 is 0 Å². The first kappa shape index (κ1) is 15.8. The van der Waals surface area contributed by atoms with Crippen LogP contribution in [0.5, 0.6) is 0 Å². The third-order valence-electron chi connectivity index (χ3n) is 7.38. The molecule has 0 spiro atoms. The number of benzene rings is 2. The molecule has 26 heavy (non-hydrogen) atoms. The van der Waals surface area contributed by atoms with Crippen molar-refractivity contribution in [1.29, 1.82) is 0 Å².